The van der Waals surface area contributed by atoms with Crippen molar-refractivity contribution in [3.05, 3.63) is 29.3 Å². The number of hydrogen-bond acceptors (Lipinski definition) is 3. The molecule has 1 amide bonds. The number of benzene rings is 1. The second kappa shape index (κ2) is 5.15. The minimum Gasteiger partial charge on any atom is -0.507 e. The van der Waals surface area contributed by atoms with E-state index in [1.807, 2.05) is 0 Å². The Kier molecular flexibility index (Phi) is 4.12. The Morgan fingerprint density at radius 3 is 2.20 bits per heavy atom. The fourth-order valence-electron chi connectivity index (χ4n) is 1.62. The van der Waals surface area contributed by atoms with Gasteiger partial charge in [0.1, 0.15) is 5.75 Å². The van der Waals surface area contributed by atoms with Gasteiger partial charge in [-0.15, -0.1) is 0 Å². The average Bonchev–Trinajstić information content (AvgIpc) is 2.31. The van der Waals surface area contributed by atoms with Gasteiger partial charge in [-0.05, 0) is 46.2 Å². The molecule has 0 aromatic heterocycles. The second-order valence-corrected chi connectivity index (χ2v) is 5.98. The molecule has 1 rings (SSSR count). The Labute approximate surface area is 118 Å². The summed E-state index contributed by atoms with van der Waals surface area (Å²) >= 11 is 0. The number of rotatable bonds is 4. The number of aromatic hydroxyl groups is 1. The second-order valence-electron chi connectivity index (χ2n) is 5.98. The molecule has 0 aliphatic heterocycles. The number of phenols is 1. The molecule has 0 aliphatic carbocycles. The summed E-state index contributed by atoms with van der Waals surface area (Å²) in [5.41, 5.74) is -1.40. The third kappa shape index (κ3) is 2.76. The number of para-hydroxylation sites is 1. The standard InChI is InChI=1S/C15H21NO4/c1-9-7-6-8-10(11(9)17)12(18)16-15(4,5)14(2,3)13(19)20/h6-8,17H,1-5H3,(H,16,18)(H,19,20). The highest BCUT2D eigenvalue weighted by Gasteiger charge is 2.44. The summed E-state index contributed by atoms with van der Waals surface area (Å²) in [4.78, 5) is 23.5. The van der Waals surface area contributed by atoms with Gasteiger partial charge in [-0.1, -0.05) is 12.1 Å². The summed E-state index contributed by atoms with van der Waals surface area (Å²) in [6.07, 6.45) is 0. The van der Waals surface area contributed by atoms with E-state index < -0.39 is 22.8 Å². The highest BCUT2D eigenvalue weighted by atomic mass is 16.4. The minimum absolute atomic E-state index is 0.0890. The van der Waals surface area contributed by atoms with Crippen LogP contribution in [0.3, 0.4) is 0 Å². The summed E-state index contributed by atoms with van der Waals surface area (Å²) in [6.45, 7) is 8.08. The molecule has 0 atom stereocenters. The highest BCUT2D eigenvalue weighted by molar-refractivity contribution is 5.98. The first kappa shape index (κ1) is 16.0. The molecule has 0 bridgehead atoms. The fourth-order valence-corrected chi connectivity index (χ4v) is 1.62. The summed E-state index contributed by atoms with van der Waals surface area (Å²) in [5.74, 6) is -1.59. The Hall–Kier alpha value is -2.04. The van der Waals surface area contributed by atoms with Gasteiger partial charge >= 0.3 is 5.97 Å². The monoisotopic (exact) mass is 279 g/mol. The third-order valence-corrected chi connectivity index (χ3v) is 4.01. The van der Waals surface area contributed by atoms with Crippen molar-refractivity contribution >= 4 is 11.9 Å². The van der Waals surface area contributed by atoms with Crippen LogP contribution >= 0.6 is 0 Å². The molecule has 0 aliphatic rings. The number of aryl methyl sites for hydroxylation is 1. The van der Waals surface area contributed by atoms with Crippen LogP contribution in [0.25, 0.3) is 0 Å². The Morgan fingerprint density at radius 2 is 1.70 bits per heavy atom. The van der Waals surface area contributed by atoms with Crippen LogP contribution in [0.4, 0.5) is 0 Å². The summed E-state index contributed by atoms with van der Waals surface area (Å²) < 4.78 is 0. The van der Waals surface area contributed by atoms with Gasteiger partial charge in [0.25, 0.3) is 5.91 Å². The quantitative estimate of drug-likeness (QED) is 0.789. The number of aliphatic carboxylic acids is 1. The van der Waals surface area contributed by atoms with Crippen molar-refractivity contribution in [2.75, 3.05) is 0 Å². The molecule has 0 spiro atoms. The van der Waals surface area contributed by atoms with Crippen LogP contribution in [0.5, 0.6) is 5.75 Å². The van der Waals surface area contributed by atoms with Crippen molar-refractivity contribution in [3.63, 3.8) is 0 Å². The first-order valence-corrected chi connectivity index (χ1v) is 6.35. The lowest BCUT2D eigenvalue weighted by Crippen LogP contribution is -2.56. The summed E-state index contributed by atoms with van der Waals surface area (Å²) in [5, 5.41) is 21.8. The zero-order valence-electron chi connectivity index (χ0n) is 12.4. The lowest BCUT2D eigenvalue weighted by molar-refractivity contribution is -0.150. The van der Waals surface area contributed by atoms with E-state index in [1.165, 1.54) is 6.07 Å². The predicted molar refractivity (Wildman–Crippen MR) is 75.8 cm³/mol. The zero-order chi connectivity index (χ0) is 15.7. The van der Waals surface area contributed by atoms with E-state index >= 15 is 0 Å². The number of amides is 1. The van der Waals surface area contributed by atoms with Gasteiger partial charge < -0.3 is 15.5 Å². The maximum atomic E-state index is 12.2. The molecule has 5 nitrogen and oxygen atoms in total. The number of carbonyl (C=O) groups excluding carboxylic acids is 1. The van der Waals surface area contributed by atoms with Crippen molar-refractivity contribution in [1.82, 2.24) is 5.32 Å². The van der Waals surface area contributed by atoms with Crippen LogP contribution in [0.15, 0.2) is 18.2 Å². The molecule has 0 saturated heterocycles. The zero-order valence-corrected chi connectivity index (χ0v) is 12.4. The van der Waals surface area contributed by atoms with E-state index in [2.05, 4.69) is 5.32 Å². The van der Waals surface area contributed by atoms with Crippen LogP contribution in [0, 0.1) is 12.3 Å². The molecule has 1 aromatic rings. The van der Waals surface area contributed by atoms with Crippen LogP contribution < -0.4 is 5.32 Å². The Balaban J connectivity index is 3.07. The summed E-state index contributed by atoms with van der Waals surface area (Å²) in [6, 6.07) is 4.86. The Bertz CT molecular complexity index is 547. The number of carbonyl (C=O) groups is 2. The van der Waals surface area contributed by atoms with Gasteiger partial charge in [0, 0.05) is 0 Å². The molecule has 3 N–H and O–H groups in total. The van der Waals surface area contributed by atoms with E-state index in [9.17, 15) is 19.8 Å². The molecule has 0 fully saturated rings. The minimum atomic E-state index is -1.15. The molecule has 5 heteroatoms. The lowest BCUT2D eigenvalue weighted by Gasteiger charge is -2.38. The molecule has 0 heterocycles. The van der Waals surface area contributed by atoms with Gasteiger partial charge in [-0.2, -0.15) is 0 Å². The molecule has 110 valence electrons. The first-order chi connectivity index (χ1) is 9.00. The van der Waals surface area contributed by atoms with Crippen molar-refractivity contribution in [3.8, 4) is 5.75 Å². The van der Waals surface area contributed by atoms with Crippen molar-refractivity contribution in [1.29, 1.82) is 0 Å². The maximum absolute atomic E-state index is 12.2. The van der Waals surface area contributed by atoms with Crippen LogP contribution in [-0.4, -0.2) is 27.6 Å². The van der Waals surface area contributed by atoms with Crippen molar-refractivity contribution < 1.29 is 19.8 Å². The van der Waals surface area contributed by atoms with Gasteiger partial charge in [0.05, 0.1) is 16.5 Å². The third-order valence-electron chi connectivity index (χ3n) is 4.01. The fraction of sp³-hybridized carbons (Fsp3) is 0.467. The van der Waals surface area contributed by atoms with E-state index in [4.69, 9.17) is 0 Å². The highest BCUT2D eigenvalue weighted by Crippen LogP contribution is 2.31. The summed E-state index contributed by atoms with van der Waals surface area (Å²) in [7, 11) is 0. The van der Waals surface area contributed by atoms with E-state index in [1.54, 1.807) is 46.8 Å². The smallest absolute Gasteiger partial charge is 0.311 e. The van der Waals surface area contributed by atoms with E-state index in [0.717, 1.165) is 0 Å². The number of nitrogens with one attached hydrogen (secondary N) is 1. The number of carboxylic acid groups (broad SMARTS) is 1. The van der Waals surface area contributed by atoms with Crippen LogP contribution in [0.2, 0.25) is 0 Å². The molecular weight excluding hydrogens is 258 g/mol. The number of phenolic OH excluding ortho intramolecular Hbond substituents is 1. The molecule has 0 radical (unpaired) electrons. The molecule has 1 aromatic carbocycles. The van der Waals surface area contributed by atoms with Gasteiger partial charge in [-0.25, -0.2) is 0 Å². The maximum Gasteiger partial charge on any atom is 0.311 e. The number of carboxylic acids is 1. The average molecular weight is 279 g/mol. The van der Waals surface area contributed by atoms with Gasteiger partial charge in [0.15, 0.2) is 0 Å². The SMILES string of the molecule is Cc1cccc(C(=O)NC(C)(C)C(C)(C)C(=O)O)c1O. The van der Waals surface area contributed by atoms with Crippen LogP contribution in [-0.2, 0) is 4.79 Å². The largest absolute Gasteiger partial charge is 0.507 e. The predicted octanol–water partition coefficient (Wildman–Crippen LogP) is 2.32. The molecule has 20 heavy (non-hydrogen) atoms. The molecule has 0 unspecified atom stereocenters. The normalized spacial score (nSPS) is 12.1. The number of hydrogen-bond donors (Lipinski definition) is 3. The van der Waals surface area contributed by atoms with E-state index in [0.29, 0.717) is 5.56 Å². The van der Waals surface area contributed by atoms with Crippen LogP contribution in [0.1, 0.15) is 43.6 Å². The van der Waals surface area contributed by atoms with Gasteiger partial charge in [0.2, 0.25) is 0 Å². The first-order valence-electron chi connectivity index (χ1n) is 6.35. The molecular formula is C15H21NO4. The van der Waals surface area contributed by atoms with E-state index in [-0.39, 0.29) is 11.3 Å². The van der Waals surface area contributed by atoms with Crippen molar-refractivity contribution in [2.24, 2.45) is 5.41 Å². The lowest BCUT2D eigenvalue weighted by atomic mass is 9.74. The molecule has 0 saturated carbocycles. The topological polar surface area (TPSA) is 86.6 Å². The van der Waals surface area contributed by atoms with Gasteiger partial charge in [-0.3, -0.25) is 9.59 Å². The Morgan fingerprint density at radius 1 is 1.15 bits per heavy atom. The van der Waals surface area contributed by atoms with Crippen molar-refractivity contribution in [2.45, 2.75) is 40.2 Å².